The Morgan fingerprint density at radius 3 is 2.20 bits per heavy atom. The molecule has 3 atom stereocenters. The van der Waals surface area contributed by atoms with Crippen LogP contribution in [0.5, 0.6) is 0 Å². The third kappa shape index (κ3) is 10.9. The van der Waals surface area contributed by atoms with Crippen molar-refractivity contribution in [2.75, 3.05) is 6.54 Å². The Kier molecular flexibility index (Phi) is 12.8. The minimum atomic E-state index is -4.37. The molecule has 1 unspecified atom stereocenters. The molecule has 0 aromatic rings. The van der Waals surface area contributed by atoms with Crippen molar-refractivity contribution >= 4 is 19.4 Å². The molecule has 0 saturated carbocycles. The Morgan fingerprint density at radius 1 is 1.10 bits per heavy atom. The molecule has 5 N–H and O–H groups in total. The monoisotopic (exact) mass is 447 g/mol. The molecule has 8 nitrogen and oxygen atoms in total. The lowest BCUT2D eigenvalue weighted by atomic mass is 10.0. The predicted molar refractivity (Wildman–Crippen MR) is 119 cm³/mol. The predicted octanol–water partition coefficient (Wildman–Crippen LogP) is 3.03. The van der Waals surface area contributed by atoms with Crippen LogP contribution >= 0.6 is 7.60 Å². The lowest BCUT2D eigenvalue weighted by Crippen LogP contribution is -2.54. The lowest BCUT2D eigenvalue weighted by molar-refractivity contribution is -0.130. The number of carbonyl (C=O) groups excluding carboxylic acids is 2. The third-order valence-corrected chi connectivity index (χ3v) is 6.89. The van der Waals surface area contributed by atoms with E-state index in [0.717, 1.165) is 32.1 Å². The van der Waals surface area contributed by atoms with Gasteiger partial charge in [0.15, 0.2) is 0 Å². The van der Waals surface area contributed by atoms with E-state index in [1.807, 2.05) is 13.8 Å². The van der Waals surface area contributed by atoms with Gasteiger partial charge in [-0.3, -0.25) is 19.5 Å². The molecule has 0 aliphatic carbocycles. The summed E-state index contributed by atoms with van der Waals surface area (Å²) in [5.41, 5.74) is 0. The van der Waals surface area contributed by atoms with Crippen molar-refractivity contribution in [3.63, 3.8) is 0 Å². The standard InChI is InChI=1S/C21H42N3O5P/c1-4-19(30(27,28)29)23-18(15-16(2)3)21(26)24-17-13-11-9-7-5-6-8-10-12-14-22-20(17)25/h16-19,23H,4-15H2,1-3H3,(H,22,25)(H,24,26)(H2,27,28,29)/t17?,18-,19+/m0/s1. The van der Waals surface area contributed by atoms with Gasteiger partial charge in [0.2, 0.25) is 11.8 Å². The van der Waals surface area contributed by atoms with Crippen LogP contribution in [0.3, 0.4) is 0 Å². The van der Waals surface area contributed by atoms with Gasteiger partial charge in [-0.05, 0) is 31.6 Å². The van der Waals surface area contributed by atoms with Crippen LogP contribution in [0.25, 0.3) is 0 Å². The van der Waals surface area contributed by atoms with Crippen molar-refractivity contribution in [2.24, 2.45) is 5.92 Å². The molecular weight excluding hydrogens is 405 g/mol. The number of hydrogen-bond donors (Lipinski definition) is 5. The fourth-order valence-corrected chi connectivity index (χ4v) is 4.67. The average molecular weight is 448 g/mol. The summed E-state index contributed by atoms with van der Waals surface area (Å²) >= 11 is 0. The zero-order valence-corrected chi connectivity index (χ0v) is 19.8. The second-order valence-electron chi connectivity index (χ2n) is 8.83. The van der Waals surface area contributed by atoms with E-state index in [9.17, 15) is 23.9 Å². The summed E-state index contributed by atoms with van der Waals surface area (Å²) in [6, 6.07) is -1.38. The van der Waals surface area contributed by atoms with E-state index >= 15 is 0 Å². The minimum Gasteiger partial charge on any atom is -0.354 e. The molecule has 0 bridgehead atoms. The van der Waals surface area contributed by atoms with Gasteiger partial charge >= 0.3 is 7.60 Å². The van der Waals surface area contributed by atoms with Gasteiger partial charge in [-0.15, -0.1) is 0 Å². The van der Waals surface area contributed by atoms with Crippen LogP contribution in [0.1, 0.15) is 91.4 Å². The molecule has 176 valence electrons. The lowest BCUT2D eigenvalue weighted by Gasteiger charge is -2.28. The highest BCUT2D eigenvalue weighted by molar-refractivity contribution is 7.52. The summed E-state index contributed by atoms with van der Waals surface area (Å²) in [7, 11) is -4.37. The number of rotatable bonds is 8. The summed E-state index contributed by atoms with van der Waals surface area (Å²) in [5.74, 6) is -1.48. The topological polar surface area (TPSA) is 128 Å². The summed E-state index contributed by atoms with van der Waals surface area (Å²) in [5, 5.41) is 8.64. The number of carbonyl (C=O) groups is 2. The quantitative estimate of drug-likeness (QED) is 0.364. The molecule has 1 rings (SSSR count). The Morgan fingerprint density at radius 2 is 1.67 bits per heavy atom. The van der Waals surface area contributed by atoms with Crippen LogP contribution < -0.4 is 16.0 Å². The summed E-state index contributed by atoms with van der Waals surface area (Å²) in [4.78, 5) is 44.8. The smallest absolute Gasteiger partial charge is 0.342 e. The average Bonchev–Trinajstić information content (AvgIpc) is 2.67. The van der Waals surface area contributed by atoms with Crippen LogP contribution in [0, 0.1) is 5.92 Å². The molecule has 30 heavy (non-hydrogen) atoms. The van der Waals surface area contributed by atoms with E-state index in [0.29, 0.717) is 19.4 Å². The second kappa shape index (κ2) is 14.2. The highest BCUT2D eigenvalue weighted by atomic mass is 31.2. The minimum absolute atomic E-state index is 0.149. The zero-order valence-electron chi connectivity index (χ0n) is 18.9. The first-order valence-corrected chi connectivity index (χ1v) is 13.2. The molecule has 0 aromatic carbocycles. The second-order valence-corrected chi connectivity index (χ2v) is 10.6. The van der Waals surface area contributed by atoms with E-state index in [2.05, 4.69) is 16.0 Å². The van der Waals surface area contributed by atoms with E-state index in [1.54, 1.807) is 6.92 Å². The first-order valence-electron chi connectivity index (χ1n) is 11.5. The molecule has 1 fully saturated rings. The molecule has 1 aliphatic heterocycles. The van der Waals surface area contributed by atoms with Crippen LogP contribution in [0.15, 0.2) is 0 Å². The molecule has 1 aliphatic rings. The Labute approximate surface area is 181 Å². The fourth-order valence-electron chi connectivity index (χ4n) is 3.82. The van der Waals surface area contributed by atoms with Gasteiger partial charge < -0.3 is 20.4 Å². The van der Waals surface area contributed by atoms with Gasteiger partial charge in [0.05, 0.1) is 6.04 Å². The Balaban J connectivity index is 2.84. The number of hydrogen-bond acceptors (Lipinski definition) is 4. The van der Waals surface area contributed by atoms with Gasteiger partial charge in [-0.2, -0.15) is 0 Å². The van der Waals surface area contributed by atoms with Gasteiger partial charge in [0.1, 0.15) is 11.8 Å². The summed E-state index contributed by atoms with van der Waals surface area (Å²) in [6.45, 7) is 6.18. The highest BCUT2D eigenvalue weighted by Crippen LogP contribution is 2.41. The van der Waals surface area contributed by atoms with E-state index in [1.165, 1.54) is 19.3 Å². The zero-order chi connectivity index (χ0) is 22.6. The van der Waals surface area contributed by atoms with Gasteiger partial charge in [0, 0.05) is 6.54 Å². The molecule has 2 amide bonds. The summed E-state index contributed by atoms with van der Waals surface area (Å²) in [6.07, 6.45) is 9.90. The maximum absolute atomic E-state index is 13.0. The SMILES string of the molecule is CC[C@H](N[C@@H](CC(C)C)C(=O)NC1CCCCCCCCCCNC1=O)P(=O)(O)O. The van der Waals surface area contributed by atoms with Gasteiger partial charge in [-0.1, -0.05) is 65.7 Å². The van der Waals surface area contributed by atoms with Crippen molar-refractivity contribution in [1.82, 2.24) is 16.0 Å². The van der Waals surface area contributed by atoms with Crippen molar-refractivity contribution in [1.29, 1.82) is 0 Å². The Hall–Kier alpha value is -0.950. The first-order chi connectivity index (χ1) is 14.1. The molecule has 0 radical (unpaired) electrons. The number of amides is 2. The van der Waals surface area contributed by atoms with Crippen molar-refractivity contribution < 1.29 is 23.9 Å². The van der Waals surface area contributed by atoms with Crippen LogP contribution in [-0.4, -0.2) is 46.0 Å². The molecular formula is C21H42N3O5P. The fraction of sp³-hybridized carbons (Fsp3) is 0.905. The summed E-state index contributed by atoms with van der Waals surface area (Å²) < 4.78 is 11.7. The molecule has 1 heterocycles. The van der Waals surface area contributed by atoms with Crippen LogP contribution in [0.4, 0.5) is 0 Å². The molecule has 9 heteroatoms. The van der Waals surface area contributed by atoms with Gasteiger partial charge in [-0.25, -0.2) is 0 Å². The van der Waals surface area contributed by atoms with Crippen LogP contribution in [0.2, 0.25) is 0 Å². The van der Waals surface area contributed by atoms with Crippen LogP contribution in [-0.2, 0) is 14.2 Å². The molecule has 1 saturated heterocycles. The maximum atomic E-state index is 13.0. The van der Waals surface area contributed by atoms with E-state index in [4.69, 9.17) is 0 Å². The van der Waals surface area contributed by atoms with Crippen molar-refractivity contribution in [2.45, 2.75) is 109 Å². The molecule has 0 aromatic heterocycles. The molecule has 0 spiro atoms. The third-order valence-electron chi connectivity index (χ3n) is 5.56. The first kappa shape index (κ1) is 27.1. The highest BCUT2D eigenvalue weighted by Gasteiger charge is 2.33. The van der Waals surface area contributed by atoms with Crippen molar-refractivity contribution in [3.8, 4) is 0 Å². The maximum Gasteiger partial charge on any atom is 0.342 e. The van der Waals surface area contributed by atoms with E-state index in [-0.39, 0.29) is 24.2 Å². The van der Waals surface area contributed by atoms with Crippen molar-refractivity contribution in [3.05, 3.63) is 0 Å². The van der Waals surface area contributed by atoms with E-state index < -0.39 is 25.5 Å². The normalized spacial score (nSPS) is 22.2. The Bertz CT molecular complexity index is 567. The van der Waals surface area contributed by atoms with Gasteiger partial charge in [0.25, 0.3) is 0 Å². The largest absolute Gasteiger partial charge is 0.354 e. The number of nitrogens with one attached hydrogen (secondary N) is 3.